The van der Waals surface area contributed by atoms with E-state index in [0.717, 1.165) is 12.8 Å². The number of aromatic amines is 1. The fourth-order valence-corrected chi connectivity index (χ4v) is 2.50. The topological polar surface area (TPSA) is 71.8 Å². The fraction of sp³-hybridized carbons (Fsp3) is 0.385. The predicted octanol–water partition coefficient (Wildman–Crippen LogP) is 2.07. The van der Waals surface area contributed by atoms with Crippen LogP contribution in [0.4, 0.5) is 4.39 Å². The molecule has 4 nitrogen and oxygen atoms in total. The highest BCUT2D eigenvalue weighted by Crippen LogP contribution is 2.55. The first kappa shape index (κ1) is 11.2. The van der Waals surface area contributed by atoms with Crippen LogP contribution in [0.2, 0.25) is 0 Å². The summed E-state index contributed by atoms with van der Waals surface area (Å²) in [5.41, 5.74) is 6.34. The summed E-state index contributed by atoms with van der Waals surface area (Å²) in [7, 11) is 0. The molecule has 1 fully saturated rings. The number of hydrogen-bond acceptors (Lipinski definition) is 2. The molecule has 18 heavy (non-hydrogen) atoms. The Balaban J connectivity index is 2.02. The lowest BCUT2D eigenvalue weighted by atomic mass is 9.89. The van der Waals surface area contributed by atoms with E-state index >= 15 is 0 Å². The molecule has 0 unspecified atom stereocenters. The standard InChI is InChI=1S/C13H14FN3O/c1-7(13(4-5-13)12(15)18)11-16-9-3-2-8(14)6-10(9)17-11/h2-3,6-7H,4-5H2,1H3,(H2,15,18)(H,16,17)/t7-/m0/s1. The zero-order valence-corrected chi connectivity index (χ0v) is 10.0. The summed E-state index contributed by atoms with van der Waals surface area (Å²) in [5, 5.41) is 0. The molecule has 94 valence electrons. The van der Waals surface area contributed by atoms with Crippen molar-refractivity contribution >= 4 is 16.9 Å². The van der Waals surface area contributed by atoms with E-state index in [1.165, 1.54) is 12.1 Å². The Bertz CT molecular complexity index is 630. The molecule has 0 radical (unpaired) electrons. The lowest BCUT2D eigenvalue weighted by Gasteiger charge is -2.17. The van der Waals surface area contributed by atoms with Crippen LogP contribution in [0.15, 0.2) is 18.2 Å². The van der Waals surface area contributed by atoms with Gasteiger partial charge in [0.25, 0.3) is 0 Å². The zero-order valence-electron chi connectivity index (χ0n) is 10.0. The average molecular weight is 247 g/mol. The number of benzene rings is 1. The van der Waals surface area contributed by atoms with E-state index in [9.17, 15) is 9.18 Å². The summed E-state index contributed by atoms with van der Waals surface area (Å²) >= 11 is 0. The van der Waals surface area contributed by atoms with Crippen molar-refractivity contribution in [1.82, 2.24) is 9.97 Å². The monoisotopic (exact) mass is 247 g/mol. The third-order valence-electron chi connectivity index (χ3n) is 3.98. The van der Waals surface area contributed by atoms with Crippen molar-refractivity contribution in [3.8, 4) is 0 Å². The molecule has 5 heteroatoms. The van der Waals surface area contributed by atoms with Crippen LogP contribution < -0.4 is 5.73 Å². The smallest absolute Gasteiger partial charge is 0.224 e. The summed E-state index contributed by atoms with van der Waals surface area (Å²) in [4.78, 5) is 19.0. The molecule has 0 saturated heterocycles. The van der Waals surface area contributed by atoms with E-state index in [1.54, 1.807) is 6.07 Å². The molecule has 3 rings (SSSR count). The van der Waals surface area contributed by atoms with Gasteiger partial charge in [0.05, 0.1) is 16.4 Å². The summed E-state index contributed by atoms with van der Waals surface area (Å²) < 4.78 is 13.1. The van der Waals surface area contributed by atoms with Gasteiger partial charge in [0.1, 0.15) is 11.6 Å². The fourth-order valence-electron chi connectivity index (χ4n) is 2.50. The van der Waals surface area contributed by atoms with Gasteiger partial charge >= 0.3 is 0 Å². The predicted molar refractivity (Wildman–Crippen MR) is 65.3 cm³/mol. The lowest BCUT2D eigenvalue weighted by molar-refractivity contribution is -0.123. The number of amides is 1. The first-order valence-corrected chi connectivity index (χ1v) is 5.98. The highest BCUT2D eigenvalue weighted by molar-refractivity contribution is 5.85. The molecule has 1 aromatic heterocycles. The van der Waals surface area contributed by atoms with Gasteiger partial charge in [-0.05, 0) is 31.0 Å². The SMILES string of the molecule is C[C@@H](c1nc2ccc(F)cc2[nH]1)C1(C(N)=O)CC1. The van der Waals surface area contributed by atoms with E-state index in [-0.39, 0.29) is 17.6 Å². The Morgan fingerprint density at radius 2 is 2.28 bits per heavy atom. The van der Waals surface area contributed by atoms with Crippen LogP contribution in [0.1, 0.15) is 31.5 Å². The molecule has 1 saturated carbocycles. The van der Waals surface area contributed by atoms with Crippen molar-refractivity contribution in [2.75, 3.05) is 0 Å². The number of nitrogens with one attached hydrogen (secondary N) is 1. The molecule has 2 aromatic rings. The van der Waals surface area contributed by atoms with Gasteiger partial charge < -0.3 is 10.7 Å². The quantitative estimate of drug-likeness (QED) is 0.871. The molecular formula is C13H14FN3O. The van der Waals surface area contributed by atoms with Crippen molar-refractivity contribution in [3.63, 3.8) is 0 Å². The van der Waals surface area contributed by atoms with E-state index in [1.807, 2.05) is 6.92 Å². The number of fused-ring (bicyclic) bond motifs is 1. The summed E-state index contributed by atoms with van der Waals surface area (Å²) in [6.07, 6.45) is 1.60. The third-order valence-corrected chi connectivity index (χ3v) is 3.98. The number of nitrogens with two attached hydrogens (primary N) is 1. The van der Waals surface area contributed by atoms with Gasteiger partial charge in [-0.3, -0.25) is 4.79 Å². The number of hydrogen-bond donors (Lipinski definition) is 2. The maximum absolute atomic E-state index is 13.1. The summed E-state index contributed by atoms with van der Waals surface area (Å²) in [6, 6.07) is 4.40. The van der Waals surface area contributed by atoms with E-state index in [0.29, 0.717) is 16.9 Å². The van der Waals surface area contributed by atoms with E-state index in [2.05, 4.69) is 9.97 Å². The number of primary amides is 1. The summed E-state index contributed by atoms with van der Waals surface area (Å²) in [6.45, 7) is 1.94. The second-order valence-electron chi connectivity index (χ2n) is 5.03. The minimum atomic E-state index is -0.466. The Morgan fingerprint density at radius 1 is 1.56 bits per heavy atom. The Labute approximate surface area is 103 Å². The highest BCUT2D eigenvalue weighted by atomic mass is 19.1. The van der Waals surface area contributed by atoms with Crippen molar-refractivity contribution < 1.29 is 9.18 Å². The molecule has 1 heterocycles. The minimum absolute atomic E-state index is 0.0644. The van der Waals surface area contributed by atoms with Gasteiger partial charge in [-0.15, -0.1) is 0 Å². The molecule has 1 aliphatic rings. The van der Waals surface area contributed by atoms with Crippen molar-refractivity contribution in [3.05, 3.63) is 29.8 Å². The molecule has 0 aliphatic heterocycles. The van der Waals surface area contributed by atoms with Gasteiger partial charge in [0, 0.05) is 5.92 Å². The molecule has 1 aromatic carbocycles. The number of aromatic nitrogens is 2. The number of H-pyrrole nitrogens is 1. The maximum atomic E-state index is 13.1. The lowest BCUT2D eigenvalue weighted by Crippen LogP contribution is -2.29. The number of rotatable bonds is 3. The van der Waals surface area contributed by atoms with Crippen LogP contribution >= 0.6 is 0 Å². The molecular weight excluding hydrogens is 233 g/mol. The normalized spacial score (nSPS) is 18.8. The Kier molecular flexibility index (Phi) is 2.20. The largest absolute Gasteiger partial charge is 0.369 e. The van der Waals surface area contributed by atoms with Crippen LogP contribution in [-0.2, 0) is 4.79 Å². The van der Waals surface area contributed by atoms with Crippen LogP contribution in [0.3, 0.4) is 0 Å². The first-order chi connectivity index (χ1) is 8.53. The molecule has 3 N–H and O–H groups in total. The molecule has 0 spiro atoms. The maximum Gasteiger partial charge on any atom is 0.224 e. The molecule has 0 bridgehead atoms. The second-order valence-corrected chi connectivity index (χ2v) is 5.03. The average Bonchev–Trinajstić information content (AvgIpc) is 3.03. The van der Waals surface area contributed by atoms with Crippen molar-refractivity contribution in [2.24, 2.45) is 11.1 Å². The number of carbonyl (C=O) groups excluding carboxylic acids is 1. The Morgan fingerprint density at radius 3 is 2.89 bits per heavy atom. The summed E-state index contributed by atoms with van der Waals surface area (Å²) in [5.74, 6) is 0.0559. The number of carbonyl (C=O) groups is 1. The Hall–Kier alpha value is -1.91. The number of imidazole rings is 1. The number of halogens is 1. The van der Waals surface area contributed by atoms with Crippen molar-refractivity contribution in [2.45, 2.75) is 25.7 Å². The van der Waals surface area contributed by atoms with Gasteiger partial charge in [-0.25, -0.2) is 9.37 Å². The van der Waals surface area contributed by atoms with Gasteiger partial charge in [0.2, 0.25) is 5.91 Å². The van der Waals surface area contributed by atoms with Gasteiger partial charge in [-0.2, -0.15) is 0 Å². The van der Waals surface area contributed by atoms with Gasteiger partial charge in [0.15, 0.2) is 0 Å². The highest BCUT2D eigenvalue weighted by Gasteiger charge is 2.54. The van der Waals surface area contributed by atoms with Crippen LogP contribution in [0.5, 0.6) is 0 Å². The molecule has 1 aliphatic carbocycles. The zero-order chi connectivity index (χ0) is 12.9. The van der Waals surface area contributed by atoms with E-state index in [4.69, 9.17) is 5.73 Å². The second kappa shape index (κ2) is 3.54. The minimum Gasteiger partial charge on any atom is -0.369 e. The van der Waals surface area contributed by atoms with Crippen molar-refractivity contribution in [1.29, 1.82) is 0 Å². The van der Waals surface area contributed by atoms with Crippen LogP contribution in [0.25, 0.3) is 11.0 Å². The van der Waals surface area contributed by atoms with Crippen LogP contribution in [0, 0.1) is 11.2 Å². The third kappa shape index (κ3) is 1.50. The first-order valence-electron chi connectivity index (χ1n) is 5.98. The molecule has 1 amide bonds. The van der Waals surface area contributed by atoms with E-state index < -0.39 is 5.41 Å². The molecule has 1 atom stereocenters. The van der Waals surface area contributed by atoms with Gasteiger partial charge in [-0.1, -0.05) is 6.92 Å². The van der Waals surface area contributed by atoms with Crippen LogP contribution in [-0.4, -0.2) is 15.9 Å². The number of nitrogens with zero attached hydrogens (tertiary/aromatic N) is 1.